The number of β-amino-alcohol motifs (C(OH)–C–C–N with tert-alkyl or cyclic N) is 1. The second kappa shape index (κ2) is 6.73. The monoisotopic (exact) mass is 306 g/mol. The second-order valence-electron chi connectivity index (χ2n) is 5.88. The van der Waals surface area contributed by atoms with E-state index in [4.69, 9.17) is 0 Å². The fraction of sp³-hybridized carbons (Fsp3) is 0.562. The number of nitrogens with zero attached hydrogens (tertiary/aromatic N) is 2. The third-order valence-corrected chi connectivity index (χ3v) is 5.07. The lowest BCUT2D eigenvalue weighted by Crippen LogP contribution is -2.50. The van der Waals surface area contributed by atoms with E-state index in [1.165, 1.54) is 12.8 Å². The van der Waals surface area contributed by atoms with E-state index < -0.39 is 0 Å². The van der Waals surface area contributed by atoms with Crippen molar-refractivity contribution in [3.63, 3.8) is 0 Å². The Balaban J connectivity index is 1.43. The fourth-order valence-electron chi connectivity index (χ4n) is 2.69. The summed E-state index contributed by atoms with van der Waals surface area (Å²) in [7, 11) is 0. The van der Waals surface area contributed by atoms with Crippen LogP contribution < -0.4 is 0 Å². The van der Waals surface area contributed by atoms with Gasteiger partial charge >= 0.3 is 0 Å². The van der Waals surface area contributed by atoms with Crippen LogP contribution in [0.2, 0.25) is 0 Å². The molecular weight excluding hydrogens is 284 g/mol. The molecule has 1 aromatic rings. The standard InChI is InChI=1S/C16H22N2O2S/c19-15(13-3-4-13)12-17-7-9-18(10-8-17)16(20)6-5-14-2-1-11-21-14/h1-2,5-6,11,13,15,19H,3-4,7-10,12H2/b6-5+. The number of rotatable bonds is 5. The molecule has 1 saturated heterocycles. The molecule has 3 rings (SSSR count). The number of aliphatic hydroxyl groups excluding tert-OH is 1. The molecule has 1 saturated carbocycles. The highest BCUT2D eigenvalue weighted by atomic mass is 32.1. The quantitative estimate of drug-likeness (QED) is 0.842. The number of thiophene rings is 1. The number of aliphatic hydroxyl groups is 1. The predicted molar refractivity (Wildman–Crippen MR) is 85.1 cm³/mol. The van der Waals surface area contributed by atoms with Gasteiger partial charge in [-0.15, -0.1) is 11.3 Å². The van der Waals surface area contributed by atoms with E-state index in [1.807, 2.05) is 28.5 Å². The highest BCUT2D eigenvalue weighted by Gasteiger charge is 2.31. The molecule has 1 N–H and O–H groups in total. The van der Waals surface area contributed by atoms with Gasteiger partial charge in [0.1, 0.15) is 0 Å². The zero-order valence-electron chi connectivity index (χ0n) is 12.1. The molecule has 1 aliphatic heterocycles. The van der Waals surface area contributed by atoms with E-state index in [-0.39, 0.29) is 12.0 Å². The van der Waals surface area contributed by atoms with Gasteiger partial charge in [-0.3, -0.25) is 9.69 Å². The first-order valence-corrected chi connectivity index (χ1v) is 8.51. The number of hydrogen-bond donors (Lipinski definition) is 1. The van der Waals surface area contributed by atoms with Crippen LogP contribution in [-0.2, 0) is 4.79 Å². The average molecular weight is 306 g/mol. The van der Waals surface area contributed by atoms with Crippen molar-refractivity contribution < 1.29 is 9.90 Å². The molecule has 2 aliphatic rings. The van der Waals surface area contributed by atoms with E-state index in [1.54, 1.807) is 17.4 Å². The lowest BCUT2D eigenvalue weighted by Gasteiger charge is -2.35. The number of carbonyl (C=O) groups is 1. The number of amides is 1. The van der Waals surface area contributed by atoms with Crippen molar-refractivity contribution in [1.82, 2.24) is 9.80 Å². The molecule has 1 aromatic heterocycles. The van der Waals surface area contributed by atoms with Crippen LogP contribution in [-0.4, -0.2) is 59.6 Å². The van der Waals surface area contributed by atoms with Crippen LogP contribution in [0.1, 0.15) is 17.7 Å². The smallest absolute Gasteiger partial charge is 0.246 e. The maximum atomic E-state index is 12.1. The molecule has 114 valence electrons. The molecule has 0 bridgehead atoms. The van der Waals surface area contributed by atoms with Gasteiger partial charge in [0.25, 0.3) is 0 Å². The van der Waals surface area contributed by atoms with E-state index >= 15 is 0 Å². The first kappa shape index (κ1) is 14.8. The Morgan fingerprint density at radius 3 is 2.76 bits per heavy atom. The Kier molecular flexibility index (Phi) is 4.73. The van der Waals surface area contributed by atoms with E-state index in [9.17, 15) is 9.90 Å². The lowest BCUT2D eigenvalue weighted by molar-refractivity contribution is -0.127. The molecular formula is C16H22N2O2S. The topological polar surface area (TPSA) is 43.8 Å². The van der Waals surface area contributed by atoms with E-state index in [0.717, 1.165) is 37.6 Å². The van der Waals surface area contributed by atoms with Crippen LogP contribution in [0.5, 0.6) is 0 Å². The third-order valence-electron chi connectivity index (χ3n) is 4.23. The molecule has 21 heavy (non-hydrogen) atoms. The summed E-state index contributed by atoms with van der Waals surface area (Å²) in [6.07, 6.45) is 5.72. The summed E-state index contributed by atoms with van der Waals surface area (Å²) in [6.45, 7) is 4.00. The summed E-state index contributed by atoms with van der Waals surface area (Å²) < 4.78 is 0. The summed E-state index contributed by atoms with van der Waals surface area (Å²) in [5.41, 5.74) is 0. The summed E-state index contributed by atoms with van der Waals surface area (Å²) in [4.78, 5) is 17.4. The van der Waals surface area contributed by atoms with Gasteiger partial charge in [-0.2, -0.15) is 0 Å². The number of piperazine rings is 1. The first-order chi connectivity index (χ1) is 10.2. The highest BCUT2D eigenvalue weighted by molar-refractivity contribution is 7.10. The number of carbonyl (C=O) groups excluding carboxylic acids is 1. The molecule has 5 heteroatoms. The van der Waals surface area contributed by atoms with Gasteiger partial charge in [0.2, 0.25) is 5.91 Å². The van der Waals surface area contributed by atoms with Gasteiger partial charge < -0.3 is 10.0 Å². The molecule has 4 nitrogen and oxygen atoms in total. The summed E-state index contributed by atoms with van der Waals surface area (Å²) in [5, 5.41) is 12.0. The Labute approximate surface area is 129 Å². The van der Waals surface area contributed by atoms with Crippen LogP contribution in [0.4, 0.5) is 0 Å². The van der Waals surface area contributed by atoms with Crippen LogP contribution in [0.15, 0.2) is 23.6 Å². The van der Waals surface area contributed by atoms with Crippen LogP contribution in [0.3, 0.4) is 0 Å². The fourth-order valence-corrected chi connectivity index (χ4v) is 3.31. The van der Waals surface area contributed by atoms with E-state index in [0.29, 0.717) is 5.92 Å². The van der Waals surface area contributed by atoms with Crippen LogP contribution in [0, 0.1) is 5.92 Å². The molecule has 0 aromatic carbocycles. The van der Waals surface area contributed by atoms with Gasteiger partial charge in [0.05, 0.1) is 6.10 Å². The molecule has 2 heterocycles. The highest BCUT2D eigenvalue weighted by Crippen LogP contribution is 2.32. The normalized spacial score (nSPS) is 21.9. The molecule has 0 radical (unpaired) electrons. The molecule has 1 unspecified atom stereocenters. The minimum Gasteiger partial charge on any atom is -0.392 e. The van der Waals surface area contributed by atoms with Crippen molar-refractivity contribution >= 4 is 23.3 Å². The summed E-state index contributed by atoms with van der Waals surface area (Å²) in [5.74, 6) is 0.615. The molecule has 0 spiro atoms. The van der Waals surface area contributed by atoms with Gasteiger partial charge in [-0.05, 0) is 36.3 Å². The number of hydrogen-bond acceptors (Lipinski definition) is 4. The zero-order chi connectivity index (χ0) is 14.7. The van der Waals surface area contributed by atoms with Crippen LogP contribution in [0.25, 0.3) is 6.08 Å². The Hall–Kier alpha value is -1.17. The molecule has 1 aliphatic carbocycles. The minimum atomic E-state index is -0.175. The van der Waals surface area contributed by atoms with Crippen molar-refractivity contribution in [2.45, 2.75) is 18.9 Å². The Morgan fingerprint density at radius 1 is 1.38 bits per heavy atom. The van der Waals surface area contributed by atoms with Gasteiger partial charge in [0.15, 0.2) is 0 Å². The average Bonchev–Trinajstić information content (AvgIpc) is 3.23. The minimum absolute atomic E-state index is 0.0887. The zero-order valence-corrected chi connectivity index (χ0v) is 13.0. The lowest BCUT2D eigenvalue weighted by atomic mass is 10.2. The van der Waals surface area contributed by atoms with Gasteiger partial charge in [-0.25, -0.2) is 0 Å². The summed E-state index contributed by atoms with van der Waals surface area (Å²) >= 11 is 1.63. The Bertz CT molecular complexity index is 488. The maximum absolute atomic E-state index is 12.1. The molecule has 2 fully saturated rings. The molecule has 1 amide bonds. The maximum Gasteiger partial charge on any atom is 0.246 e. The van der Waals surface area contributed by atoms with Crippen LogP contribution >= 0.6 is 11.3 Å². The van der Waals surface area contributed by atoms with Crippen molar-refractivity contribution in [2.24, 2.45) is 5.92 Å². The first-order valence-electron chi connectivity index (χ1n) is 7.63. The van der Waals surface area contributed by atoms with Gasteiger partial charge in [0, 0.05) is 43.7 Å². The summed E-state index contributed by atoms with van der Waals surface area (Å²) in [6, 6.07) is 3.99. The third kappa shape index (κ3) is 4.15. The van der Waals surface area contributed by atoms with Crippen molar-refractivity contribution in [2.75, 3.05) is 32.7 Å². The van der Waals surface area contributed by atoms with Crippen molar-refractivity contribution in [3.8, 4) is 0 Å². The predicted octanol–water partition coefficient (Wildman–Crippen LogP) is 1.68. The second-order valence-corrected chi connectivity index (χ2v) is 6.86. The SMILES string of the molecule is O=C(/C=C/c1cccs1)N1CCN(CC(O)C2CC2)CC1. The Morgan fingerprint density at radius 2 is 2.14 bits per heavy atom. The molecule has 1 atom stereocenters. The van der Waals surface area contributed by atoms with Crippen molar-refractivity contribution in [1.29, 1.82) is 0 Å². The van der Waals surface area contributed by atoms with Gasteiger partial charge in [-0.1, -0.05) is 6.07 Å². The van der Waals surface area contributed by atoms with E-state index in [2.05, 4.69) is 4.90 Å². The van der Waals surface area contributed by atoms with Crippen molar-refractivity contribution in [3.05, 3.63) is 28.5 Å². The largest absolute Gasteiger partial charge is 0.392 e.